The average molecular weight is 448 g/mol. The molecule has 0 fully saturated rings. The summed E-state index contributed by atoms with van der Waals surface area (Å²) < 4.78 is 21.7. The summed E-state index contributed by atoms with van der Waals surface area (Å²) in [6.07, 6.45) is 3.70. The highest BCUT2D eigenvalue weighted by Gasteiger charge is 2.22. The van der Waals surface area contributed by atoms with Crippen molar-refractivity contribution in [1.29, 1.82) is 0 Å². The fraction of sp³-hybridized carbons (Fsp3) is 0.231. The van der Waals surface area contributed by atoms with E-state index in [2.05, 4.69) is 17.2 Å². The second-order valence-corrected chi connectivity index (χ2v) is 8.22. The van der Waals surface area contributed by atoms with E-state index in [9.17, 15) is 14.0 Å². The number of nitrogens with one attached hydrogen (secondary N) is 2. The van der Waals surface area contributed by atoms with E-state index in [-0.39, 0.29) is 17.3 Å². The predicted octanol–water partition coefficient (Wildman–Crippen LogP) is 4.37. The third kappa shape index (κ3) is 4.45. The van der Waals surface area contributed by atoms with Gasteiger partial charge in [0.05, 0.1) is 0 Å². The number of hydrogen-bond donors (Lipinski definition) is 2. The smallest absolute Gasteiger partial charge is 0.255 e. The minimum absolute atomic E-state index is 0.0373. The van der Waals surface area contributed by atoms with Crippen LogP contribution in [-0.2, 0) is 24.8 Å². The van der Waals surface area contributed by atoms with Gasteiger partial charge in [0.15, 0.2) is 0 Å². The number of aromatic nitrogens is 1. The summed E-state index contributed by atoms with van der Waals surface area (Å²) in [4.78, 5) is 24.6. The SMILES string of the molecule is C=CC(=O)Nc1ccc(Oc2c(C)cc(F)cc2C)c(-c2cn(C)c(=O)c3c2CCNC3)c1. The van der Waals surface area contributed by atoms with Crippen molar-refractivity contribution in [1.82, 2.24) is 9.88 Å². The molecule has 7 heteroatoms. The Kier molecular flexibility index (Phi) is 6.16. The number of halogens is 1. The molecular weight excluding hydrogens is 421 g/mol. The van der Waals surface area contributed by atoms with Gasteiger partial charge in [0.25, 0.3) is 5.56 Å². The average Bonchev–Trinajstić information content (AvgIpc) is 2.79. The Balaban J connectivity index is 1.92. The molecular formula is C26H26FN3O3. The molecule has 33 heavy (non-hydrogen) atoms. The fourth-order valence-electron chi connectivity index (χ4n) is 4.23. The number of ether oxygens (including phenoxy) is 1. The molecule has 170 valence electrons. The van der Waals surface area contributed by atoms with E-state index in [1.807, 2.05) is 6.07 Å². The lowest BCUT2D eigenvalue weighted by Gasteiger charge is -2.23. The van der Waals surface area contributed by atoms with Crippen molar-refractivity contribution < 1.29 is 13.9 Å². The maximum atomic E-state index is 13.8. The molecule has 1 aliphatic rings. The molecule has 4 rings (SSSR count). The zero-order valence-electron chi connectivity index (χ0n) is 18.9. The lowest BCUT2D eigenvalue weighted by molar-refractivity contribution is -0.111. The van der Waals surface area contributed by atoms with Gasteiger partial charge < -0.3 is 19.9 Å². The van der Waals surface area contributed by atoms with Crippen LogP contribution in [0.4, 0.5) is 10.1 Å². The summed E-state index contributed by atoms with van der Waals surface area (Å²) >= 11 is 0. The van der Waals surface area contributed by atoms with Crippen molar-refractivity contribution in [2.24, 2.45) is 7.05 Å². The van der Waals surface area contributed by atoms with Crippen molar-refractivity contribution >= 4 is 11.6 Å². The summed E-state index contributed by atoms with van der Waals surface area (Å²) in [7, 11) is 1.72. The van der Waals surface area contributed by atoms with Crippen molar-refractivity contribution in [3.8, 4) is 22.6 Å². The van der Waals surface area contributed by atoms with Gasteiger partial charge in [-0.1, -0.05) is 6.58 Å². The van der Waals surface area contributed by atoms with E-state index in [4.69, 9.17) is 4.74 Å². The van der Waals surface area contributed by atoms with Crippen LogP contribution in [0.5, 0.6) is 11.5 Å². The van der Waals surface area contributed by atoms with Gasteiger partial charge in [-0.25, -0.2) is 4.39 Å². The number of fused-ring (bicyclic) bond motifs is 1. The van der Waals surface area contributed by atoms with Crippen LogP contribution >= 0.6 is 0 Å². The Hall–Kier alpha value is -3.71. The highest BCUT2D eigenvalue weighted by atomic mass is 19.1. The molecule has 2 aromatic carbocycles. The first-order valence-electron chi connectivity index (χ1n) is 10.7. The fourth-order valence-corrected chi connectivity index (χ4v) is 4.23. The molecule has 1 aliphatic heterocycles. The Morgan fingerprint density at radius 1 is 1.18 bits per heavy atom. The van der Waals surface area contributed by atoms with Crippen LogP contribution in [0.2, 0.25) is 0 Å². The van der Waals surface area contributed by atoms with Crippen LogP contribution in [0.1, 0.15) is 22.3 Å². The number of nitrogens with zero attached hydrogens (tertiary/aromatic N) is 1. The molecule has 1 amide bonds. The van der Waals surface area contributed by atoms with Crippen LogP contribution in [0.25, 0.3) is 11.1 Å². The van der Waals surface area contributed by atoms with Crippen molar-refractivity contribution in [3.63, 3.8) is 0 Å². The van der Waals surface area contributed by atoms with Crippen molar-refractivity contribution in [2.75, 3.05) is 11.9 Å². The van der Waals surface area contributed by atoms with E-state index in [0.717, 1.165) is 28.8 Å². The number of rotatable bonds is 5. The second-order valence-electron chi connectivity index (χ2n) is 8.22. The topological polar surface area (TPSA) is 72.4 Å². The third-order valence-corrected chi connectivity index (χ3v) is 5.80. The molecule has 2 heterocycles. The van der Waals surface area contributed by atoms with E-state index in [0.29, 0.717) is 41.3 Å². The number of carbonyl (C=O) groups is 1. The van der Waals surface area contributed by atoms with Crippen LogP contribution in [0.3, 0.4) is 0 Å². The maximum Gasteiger partial charge on any atom is 0.255 e. The Morgan fingerprint density at radius 3 is 2.61 bits per heavy atom. The molecule has 0 spiro atoms. The third-order valence-electron chi connectivity index (χ3n) is 5.80. The van der Waals surface area contributed by atoms with Crippen LogP contribution in [0.15, 0.2) is 54.0 Å². The highest BCUT2D eigenvalue weighted by molar-refractivity contribution is 5.99. The summed E-state index contributed by atoms with van der Waals surface area (Å²) in [5, 5.41) is 6.05. The molecule has 0 aliphatic carbocycles. The van der Waals surface area contributed by atoms with E-state index < -0.39 is 0 Å². The van der Waals surface area contributed by atoms with Gasteiger partial charge in [-0.3, -0.25) is 9.59 Å². The molecule has 0 saturated carbocycles. The molecule has 6 nitrogen and oxygen atoms in total. The number of pyridine rings is 1. The maximum absolute atomic E-state index is 13.8. The Morgan fingerprint density at radius 2 is 1.91 bits per heavy atom. The number of amides is 1. The van der Waals surface area contributed by atoms with Gasteiger partial charge in [0, 0.05) is 42.2 Å². The van der Waals surface area contributed by atoms with Gasteiger partial charge in [-0.05, 0) is 79.9 Å². The zero-order chi connectivity index (χ0) is 23.7. The molecule has 3 aromatic rings. The Bertz CT molecular complexity index is 1300. The van der Waals surface area contributed by atoms with Crippen molar-refractivity contribution in [2.45, 2.75) is 26.8 Å². The minimum atomic E-state index is -0.327. The van der Waals surface area contributed by atoms with Gasteiger partial charge in [-0.15, -0.1) is 0 Å². The molecule has 0 unspecified atom stereocenters. The molecule has 0 saturated heterocycles. The van der Waals surface area contributed by atoms with Crippen molar-refractivity contribution in [3.05, 3.63) is 87.6 Å². The van der Waals surface area contributed by atoms with Crippen LogP contribution < -0.4 is 20.9 Å². The molecule has 0 bridgehead atoms. The monoisotopic (exact) mass is 447 g/mol. The number of benzene rings is 2. The van der Waals surface area contributed by atoms with Crippen LogP contribution in [-0.4, -0.2) is 17.0 Å². The van der Waals surface area contributed by atoms with Gasteiger partial charge >= 0.3 is 0 Å². The van der Waals surface area contributed by atoms with Gasteiger partial charge in [0.1, 0.15) is 17.3 Å². The summed E-state index contributed by atoms with van der Waals surface area (Å²) in [6.45, 7) is 8.35. The van der Waals surface area contributed by atoms with E-state index >= 15 is 0 Å². The zero-order valence-corrected chi connectivity index (χ0v) is 18.9. The quantitative estimate of drug-likeness (QED) is 0.570. The molecule has 2 N–H and O–H groups in total. The highest BCUT2D eigenvalue weighted by Crippen LogP contribution is 2.40. The number of aryl methyl sites for hydroxylation is 3. The first-order chi connectivity index (χ1) is 15.8. The molecule has 0 atom stereocenters. The summed E-state index contributed by atoms with van der Waals surface area (Å²) in [5.74, 6) is 0.468. The van der Waals surface area contributed by atoms with E-state index in [1.54, 1.807) is 43.8 Å². The number of anilines is 1. The largest absolute Gasteiger partial charge is 0.456 e. The number of carbonyl (C=O) groups excluding carboxylic acids is 1. The standard InChI is InChI=1S/C26H26FN3O3/c1-5-24(31)29-18-6-7-23(33-25-15(2)10-17(27)11-16(25)3)20(12-18)22-14-30(4)26(32)21-13-28-9-8-19(21)22/h5-7,10-12,14,28H,1,8-9,13H2,2-4H3,(H,29,31). The first kappa shape index (κ1) is 22.5. The lowest BCUT2D eigenvalue weighted by atomic mass is 9.92. The second kappa shape index (κ2) is 9.03. The van der Waals surface area contributed by atoms with E-state index in [1.165, 1.54) is 18.2 Å². The minimum Gasteiger partial charge on any atom is -0.456 e. The van der Waals surface area contributed by atoms with Crippen LogP contribution in [0, 0.1) is 19.7 Å². The summed E-state index contributed by atoms with van der Waals surface area (Å²) in [6, 6.07) is 8.20. The predicted molar refractivity (Wildman–Crippen MR) is 127 cm³/mol. The summed E-state index contributed by atoms with van der Waals surface area (Å²) in [5.41, 5.74) is 5.16. The lowest BCUT2D eigenvalue weighted by Crippen LogP contribution is -2.33. The normalized spacial score (nSPS) is 12.7. The molecule has 0 radical (unpaired) electrons. The molecule has 1 aromatic heterocycles. The Labute approximate surface area is 191 Å². The number of hydrogen-bond acceptors (Lipinski definition) is 4. The van der Waals surface area contributed by atoms with Gasteiger partial charge in [0.2, 0.25) is 5.91 Å². The van der Waals surface area contributed by atoms with Gasteiger partial charge in [-0.2, -0.15) is 0 Å². The first-order valence-corrected chi connectivity index (χ1v) is 10.7.